The molecule has 1 aliphatic heterocycles. The third-order valence-corrected chi connectivity index (χ3v) is 4.37. The van der Waals surface area contributed by atoms with Crippen LogP contribution in [0.3, 0.4) is 0 Å². The number of H-pyrrole nitrogens is 1. The molecule has 2 N–H and O–H groups in total. The molecule has 0 fully saturated rings. The van der Waals surface area contributed by atoms with Gasteiger partial charge in [-0.3, -0.25) is 4.79 Å². The van der Waals surface area contributed by atoms with Gasteiger partial charge in [-0.25, -0.2) is 15.0 Å². The van der Waals surface area contributed by atoms with Crippen LogP contribution in [0, 0.1) is 0 Å². The van der Waals surface area contributed by atoms with Gasteiger partial charge in [0.05, 0.1) is 0 Å². The minimum Gasteiger partial charge on any atom is -0.350 e. The minimum atomic E-state index is -0.169. The molecule has 0 saturated carbocycles. The number of benzene rings is 1. The molecule has 1 aliphatic rings. The number of carbonyl (C=O) groups excluding carboxylic acids is 1. The first-order valence-corrected chi connectivity index (χ1v) is 7.97. The molecule has 3 aromatic rings. The van der Waals surface area contributed by atoms with Gasteiger partial charge in [0.15, 0.2) is 5.82 Å². The van der Waals surface area contributed by atoms with Gasteiger partial charge in [-0.1, -0.05) is 23.7 Å². The second-order valence-corrected chi connectivity index (χ2v) is 6.11. The molecule has 0 saturated heterocycles. The van der Waals surface area contributed by atoms with E-state index in [1.807, 2.05) is 24.3 Å². The molecule has 7 heteroatoms. The lowest BCUT2D eigenvalue weighted by Gasteiger charge is -2.14. The molecular weight excluding hydrogens is 326 g/mol. The number of hydrogen-bond donors (Lipinski definition) is 2. The van der Waals surface area contributed by atoms with E-state index < -0.39 is 0 Å². The van der Waals surface area contributed by atoms with Crippen molar-refractivity contribution in [2.75, 3.05) is 6.54 Å². The Labute approximate surface area is 143 Å². The number of hydrogen-bond acceptors (Lipinski definition) is 4. The first-order chi connectivity index (χ1) is 11.7. The maximum absolute atomic E-state index is 12.3. The summed E-state index contributed by atoms with van der Waals surface area (Å²) in [5.74, 6) is 0.568. The Balaban J connectivity index is 1.69. The molecule has 1 aromatic carbocycles. The lowest BCUT2D eigenvalue weighted by Crippen LogP contribution is -2.26. The number of nitrogens with zero attached hydrogens (tertiary/aromatic N) is 3. The molecule has 3 heterocycles. The lowest BCUT2D eigenvalue weighted by molar-refractivity contribution is 0.0950. The van der Waals surface area contributed by atoms with Crippen molar-refractivity contribution in [2.45, 2.75) is 12.3 Å². The number of fused-ring (bicyclic) bond motifs is 1. The third kappa shape index (κ3) is 2.76. The van der Waals surface area contributed by atoms with Gasteiger partial charge in [0, 0.05) is 29.4 Å². The largest absolute Gasteiger partial charge is 0.350 e. The fraction of sp³-hybridized carbons (Fsp3) is 0.176. The molecule has 2 aromatic heterocycles. The normalized spacial score (nSPS) is 17.0. The van der Waals surface area contributed by atoms with Crippen LogP contribution in [0.2, 0.25) is 5.02 Å². The van der Waals surface area contributed by atoms with Crippen LogP contribution in [0.25, 0.3) is 11.5 Å². The Bertz CT molecular complexity index is 876. The number of amides is 1. The summed E-state index contributed by atoms with van der Waals surface area (Å²) in [4.78, 5) is 28.1. The number of halogens is 1. The van der Waals surface area contributed by atoms with E-state index in [0.29, 0.717) is 35.2 Å². The number of aromatic nitrogens is 4. The van der Waals surface area contributed by atoms with Gasteiger partial charge in [-0.15, -0.1) is 0 Å². The molecule has 4 rings (SSSR count). The highest BCUT2D eigenvalue weighted by Crippen LogP contribution is 2.27. The summed E-state index contributed by atoms with van der Waals surface area (Å²) in [6.07, 6.45) is 3.79. The van der Waals surface area contributed by atoms with Gasteiger partial charge in [0.1, 0.15) is 17.7 Å². The van der Waals surface area contributed by atoms with Gasteiger partial charge in [0.25, 0.3) is 5.91 Å². The van der Waals surface area contributed by atoms with Crippen molar-refractivity contribution >= 4 is 17.5 Å². The summed E-state index contributed by atoms with van der Waals surface area (Å²) >= 11 is 5.96. The van der Waals surface area contributed by atoms with E-state index in [0.717, 1.165) is 11.3 Å². The Morgan fingerprint density at radius 2 is 2.00 bits per heavy atom. The summed E-state index contributed by atoms with van der Waals surface area (Å²) < 4.78 is 0. The van der Waals surface area contributed by atoms with E-state index in [4.69, 9.17) is 11.6 Å². The molecule has 0 aliphatic carbocycles. The van der Waals surface area contributed by atoms with Crippen LogP contribution in [0.15, 0.2) is 42.9 Å². The maximum atomic E-state index is 12.3. The van der Waals surface area contributed by atoms with Crippen molar-refractivity contribution in [1.82, 2.24) is 25.3 Å². The number of carbonyl (C=O) groups is 1. The average molecular weight is 340 g/mol. The minimum absolute atomic E-state index is 0.158. The maximum Gasteiger partial charge on any atom is 0.271 e. The van der Waals surface area contributed by atoms with Crippen molar-refractivity contribution in [2.24, 2.45) is 0 Å². The zero-order valence-corrected chi connectivity index (χ0v) is 13.4. The summed E-state index contributed by atoms with van der Waals surface area (Å²) in [6.45, 7) is 0.563. The van der Waals surface area contributed by atoms with Crippen molar-refractivity contribution in [1.29, 1.82) is 0 Å². The third-order valence-electron chi connectivity index (χ3n) is 4.12. The molecule has 0 bridgehead atoms. The van der Waals surface area contributed by atoms with Crippen LogP contribution in [0.5, 0.6) is 0 Å². The second-order valence-electron chi connectivity index (χ2n) is 5.67. The highest BCUT2D eigenvalue weighted by Gasteiger charge is 2.26. The fourth-order valence-corrected chi connectivity index (χ4v) is 3.01. The summed E-state index contributed by atoms with van der Waals surface area (Å²) in [7, 11) is 0. The molecular formula is C17H14ClN5O. The monoisotopic (exact) mass is 339 g/mol. The van der Waals surface area contributed by atoms with E-state index in [1.165, 1.54) is 6.33 Å². The molecule has 0 spiro atoms. The summed E-state index contributed by atoms with van der Waals surface area (Å²) in [5.41, 5.74) is 3.04. The van der Waals surface area contributed by atoms with Crippen LogP contribution >= 0.6 is 11.6 Å². The average Bonchev–Trinajstić information content (AvgIpc) is 2.97. The predicted molar refractivity (Wildman–Crippen MR) is 89.8 cm³/mol. The Hall–Kier alpha value is -2.73. The van der Waals surface area contributed by atoms with Crippen LogP contribution < -0.4 is 5.32 Å². The van der Waals surface area contributed by atoms with E-state index in [9.17, 15) is 4.79 Å². The zero-order valence-electron chi connectivity index (χ0n) is 12.7. The number of aromatic amines is 1. The van der Waals surface area contributed by atoms with Gasteiger partial charge in [-0.2, -0.15) is 0 Å². The smallest absolute Gasteiger partial charge is 0.271 e. The standard InChI is InChI=1S/C17H14ClN5O/c18-12-3-1-10(2-4-12)11-7-14-15(17(24)20-8-11)23-16(22-14)13-5-6-19-9-21-13/h1-6,9,11H,7-8H2,(H,20,24)(H,22,23)/t11-/m0/s1. The topological polar surface area (TPSA) is 83.6 Å². The van der Waals surface area contributed by atoms with Crippen molar-refractivity contribution in [3.63, 3.8) is 0 Å². The molecule has 1 amide bonds. The van der Waals surface area contributed by atoms with E-state index in [1.54, 1.807) is 12.3 Å². The molecule has 24 heavy (non-hydrogen) atoms. The Morgan fingerprint density at radius 3 is 2.75 bits per heavy atom. The van der Waals surface area contributed by atoms with Crippen LogP contribution in [0.4, 0.5) is 0 Å². The van der Waals surface area contributed by atoms with Gasteiger partial charge in [0.2, 0.25) is 0 Å². The van der Waals surface area contributed by atoms with Crippen LogP contribution in [-0.2, 0) is 6.42 Å². The van der Waals surface area contributed by atoms with E-state index >= 15 is 0 Å². The van der Waals surface area contributed by atoms with E-state index in [2.05, 4.69) is 25.3 Å². The second kappa shape index (κ2) is 6.05. The molecule has 0 radical (unpaired) electrons. The van der Waals surface area contributed by atoms with Crippen LogP contribution in [0.1, 0.15) is 27.7 Å². The van der Waals surface area contributed by atoms with Crippen molar-refractivity contribution in [3.05, 3.63) is 64.8 Å². The first-order valence-electron chi connectivity index (χ1n) is 7.59. The number of nitrogens with one attached hydrogen (secondary N) is 2. The summed E-state index contributed by atoms with van der Waals surface area (Å²) in [5, 5.41) is 3.64. The Morgan fingerprint density at radius 1 is 1.17 bits per heavy atom. The molecule has 120 valence electrons. The first kappa shape index (κ1) is 14.8. The van der Waals surface area contributed by atoms with Crippen molar-refractivity contribution < 1.29 is 4.79 Å². The molecule has 6 nitrogen and oxygen atoms in total. The van der Waals surface area contributed by atoms with Gasteiger partial charge < -0.3 is 10.3 Å². The van der Waals surface area contributed by atoms with Crippen LogP contribution in [-0.4, -0.2) is 32.4 Å². The number of imidazole rings is 1. The molecule has 0 unspecified atom stereocenters. The quantitative estimate of drug-likeness (QED) is 0.751. The van der Waals surface area contributed by atoms with Crippen molar-refractivity contribution in [3.8, 4) is 11.5 Å². The SMILES string of the molecule is O=C1NC[C@@H](c2ccc(Cl)cc2)Cc2[nH]c(-c3ccncn3)nc21. The van der Waals surface area contributed by atoms with E-state index in [-0.39, 0.29) is 11.8 Å². The lowest BCUT2D eigenvalue weighted by atomic mass is 9.94. The van der Waals surface area contributed by atoms with Gasteiger partial charge in [-0.05, 0) is 30.2 Å². The van der Waals surface area contributed by atoms with Gasteiger partial charge >= 0.3 is 0 Å². The number of rotatable bonds is 2. The highest BCUT2D eigenvalue weighted by molar-refractivity contribution is 6.30. The highest BCUT2D eigenvalue weighted by atomic mass is 35.5. The summed E-state index contributed by atoms with van der Waals surface area (Å²) in [6, 6.07) is 9.47. The predicted octanol–water partition coefficient (Wildman–Crippen LogP) is 2.59. The molecule has 1 atom stereocenters. The Kier molecular flexibility index (Phi) is 3.74. The fourth-order valence-electron chi connectivity index (χ4n) is 2.89. The zero-order chi connectivity index (χ0) is 16.5.